The second-order valence-corrected chi connectivity index (χ2v) is 5.04. The lowest BCUT2D eigenvalue weighted by Crippen LogP contribution is -2.13. The van der Waals surface area contributed by atoms with Crippen molar-refractivity contribution in [3.8, 4) is 5.69 Å². The molecule has 2 heterocycles. The summed E-state index contributed by atoms with van der Waals surface area (Å²) in [6.45, 7) is 0. The monoisotopic (exact) mass is 349 g/mol. The molecule has 0 fully saturated rings. The van der Waals surface area contributed by atoms with Crippen LogP contribution in [0.15, 0.2) is 47.3 Å². The highest BCUT2D eigenvalue weighted by molar-refractivity contribution is 9.10. The Labute approximate surface area is 127 Å². The molecule has 0 saturated carbocycles. The van der Waals surface area contributed by atoms with Crippen LogP contribution in [0.4, 0.5) is 10.1 Å². The number of rotatable bonds is 3. The molecule has 0 aliphatic rings. The first-order valence-corrected chi connectivity index (χ1v) is 6.74. The molecule has 21 heavy (non-hydrogen) atoms. The smallest absolute Gasteiger partial charge is 0.277 e. The first-order chi connectivity index (χ1) is 10.1. The van der Waals surface area contributed by atoms with E-state index in [1.807, 2.05) is 0 Å². The van der Waals surface area contributed by atoms with E-state index in [0.29, 0.717) is 15.8 Å². The Morgan fingerprint density at radius 3 is 2.76 bits per heavy atom. The zero-order valence-corrected chi connectivity index (χ0v) is 12.1. The van der Waals surface area contributed by atoms with Crippen molar-refractivity contribution in [2.24, 2.45) is 0 Å². The van der Waals surface area contributed by atoms with Gasteiger partial charge in [0.1, 0.15) is 5.82 Å². The SMILES string of the molecule is O=C(Nc1cn[nH]c1)c1nn(-c2ccc(F)cc2)cc1Br. The molecule has 0 atom stereocenters. The highest BCUT2D eigenvalue weighted by Crippen LogP contribution is 2.19. The first kappa shape index (κ1) is 13.5. The van der Waals surface area contributed by atoms with Gasteiger partial charge in [-0.05, 0) is 40.2 Å². The van der Waals surface area contributed by atoms with E-state index >= 15 is 0 Å². The highest BCUT2D eigenvalue weighted by atomic mass is 79.9. The molecule has 106 valence electrons. The van der Waals surface area contributed by atoms with Crippen molar-refractivity contribution in [3.63, 3.8) is 0 Å². The van der Waals surface area contributed by atoms with Crippen molar-refractivity contribution in [2.75, 3.05) is 5.32 Å². The summed E-state index contributed by atoms with van der Waals surface area (Å²) >= 11 is 3.29. The van der Waals surface area contributed by atoms with E-state index in [9.17, 15) is 9.18 Å². The molecule has 0 radical (unpaired) electrons. The lowest BCUT2D eigenvalue weighted by atomic mass is 10.3. The van der Waals surface area contributed by atoms with Crippen molar-refractivity contribution < 1.29 is 9.18 Å². The van der Waals surface area contributed by atoms with E-state index in [1.165, 1.54) is 23.0 Å². The Morgan fingerprint density at radius 2 is 2.10 bits per heavy atom. The lowest BCUT2D eigenvalue weighted by molar-refractivity contribution is 0.102. The third-order valence-electron chi connectivity index (χ3n) is 2.73. The summed E-state index contributed by atoms with van der Waals surface area (Å²) in [7, 11) is 0. The van der Waals surface area contributed by atoms with Gasteiger partial charge in [-0.1, -0.05) is 0 Å². The van der Waals surface area contributed by atoms with Crippen LogP contribution in [0.5, 0.6) is 0 Å². The number of benzene rings is 1. The Morgan fingerprint density at radius 1 is 1.33 bits per heavy atom. The summed E-state index contributed by atoms with van der Waals surface area (Å²) in [5, 5.41) is 13.2. The standard InChI is InChI=1S/C13H9BrFN5O/c14-11-7-20(10-3-1-8(15)2-4-10)19-12(11)13(21)18-9-5-16-17-6-9/h1-7H,(H,16,17)(H,18,21). The van der Waals surface area contributed by atoms with Crippen LogP contribution in [0.3, 0.4) is 0 Å². The van der Waals surface area contributed by atoms with Gasteiger partial charge in [0.15, 0.2) is 5.69 Å². The van der Waals surface area contributed by atoms with E-state index in [0.717, 1.165) is 0 Å². The molecule has 3 aromatic rings. The second kappa shape index (κ2) is 5.49. The number of halogens is 2. The van der Waals surface area contributed by atoms with Gasteiger partial charge in [-0.3, -0.25) is 9.89 Å². The quantitative estimate of drug-likeness (QED) is 0.763. The minimum atomic E-state index is -0.371. The van der Waals surface area contributed by atoms with Crippen molar-refractivity contribution in [1.29, 1.82) is 0 Å². The molecule has 1 aromatic carbocycles. The normalized spacial score (nSPS) is 10.6. The number of amides is 1. The summed E-state index contributed by atoms with van der Waals surface area (Å²) in [4.78, 5) is 12.1. The number of nitrogens with one attached hydrogen (secondary N) is 2. The summed E-state index contributed by atoms with van der Waals surface area (Å²) in [6.07, 6.45) is 4.68. The molecule has 1 amide bonds. The topological polar surface area (TPSA) is 75.6 Å². The average molecular weight is 350 g/mol. The van der Waals surface area contributed by atoms with E-state index in [2.05, 4.69) is 36.5 Å². The van der Waals surface area contributed by atoms with Crippen LogP contribution < -0.4 is 5.32 Å². The van der Waals surface area contributed by atoms with Crippen molar-refractivity contribution in [3.05, 3.63) is 58.8 Å². The molecule has 6 nitrogen and oxygen atoms in total. The molecule has 0 aliphatic carbocycles. The highest BCUT2D eigenvalue weighted by Gasteiger charge is 2.16. The second-order valence-electron chi connectivity index (χ2n) is 4.19. The Bertz CT molecular complexity index is 766. The van der Waals surface area contributed by atoms with Gasteiger partial charge < -0.3 is 5.32 Å². The van der Waals surface area contributed by atoms with Crippen molar-refractivity contribution in [1.82, 2.24) is 20.0 Å². The number of carbonyl (C=O) groups excluding carboxylic acids is 1. The lowest BCUT2D eigenvalue weighted by Gasteiger charge is -2.01. The number of aromatic nitrogens is 4. The molecule has 8 heteroatoms. The predicted molar refractivity (Wildman–Crippen MR) is 77.8 cm³/mol. The average Bonchev–Trinajstić information content (AvgIpc) is 3.09. The maximum absolute atomic E-state index is 12.9. The number of H-pyrrole nitrogens is 1. The third kappa shape index (κ3) is 2.84. The molecule has 2 N–H and O–H groups in total. The van der Waals surface area contributed by atoms with Gasteiger partial charge in [0.05, 0.1) is 22.0 Å². The predicted octanol–water partition coefficient (Wildman–Crippen LogP) is 2.75. The maximum atomic E-state index is 12.9. The fourth-order valence-corrected chi connectivity index (χ4v) is 2.20. The van der Waals surface area contributed by atoms with Crippen LogP contribution in [0.2, 0.25) is 0 Å². The number of hydrogen-bond donors (Lipinski definition) is 2. The number of anilines is 1. The van der Waals surface area contributed by atoms with Crippen LogP contribution >= 0.6 is 15.9 Å². The van der Waals surface area contributed by atoms with Gasteiger partial charge in [-0.25, -0.2) is 9.07 Å². The summed E-state index contributed by atoms with van der Waals surface area (Å²) in [5.74, 6) is -0.702. The minimum absolute atomic E-state index is 0.223. The molecule has 0 saturated heterocycles. The van der Waals surface area contributed by atoms with Crippen LogP contribution in [-0.4, -0.2) is 25.9 Å². The summed E-state index contributed by atoms with van der Waals surface area (Å²) < 4.78 is 14.9. The van der Waals surface area contributed by atoms with Gasteiger partial charge in [-0.15, -0.1) is 0 Å². The molecule has 0 aliphatic heterocycles. The molecular formula is C13H9BrFN5O. The number of hydrogen-bond acceptors (Lipinski definition) is 3. The van der Waals surface area contributed by atoms with Crippen LogP contribution in [-0.2, 0) is 0 Å². The zero-order chi connectivity index (χ0) is 14.8. The molecule has 3 rings (SSSR count). The van der Waals surface area contributed by atoms with E-state index in [-0.39, 0.29) is 17.4 Å². The Kier molecular flexibility index (Phi) is 3.53. The third-order valence-corrected chi connectivity index (χ3v) is 3.31. The van der Waals surface area contributed by atoms with Gasteiger partial charge in [-0.2, -0.15) is 10.2 Å². The van der Waals surface area contributed by atoms with Gasteiger partial charge in [0.25, 0.3) is 5.91 Å². The molecular weight excluding hydrogens is 341 g/mol. The van der Waals surface area contributed by atoms with E-state index in [4.69, 9.17) is 0 Å². The van der Waals surface area contributed by atoms with Crippen LogP contribution in [0, 0.1) is 5.82 Å². The van der Waals surface area contributed by atoms with E-state index < -0.39 is 0 Å². The molecule has 0 bridgehead atoms. The Hall–Kier alpha value is -2.48. The fraction of sp³-hybridized carbons (Fsp3) is 0. The summed E-state index contributed by atoms with van der Waals surface area (Å²) in [5.41, 5.74) is 1.42. The summed E-state index contributed by atoms with van der Waals surface area (Å²) in [6, 6.07) is 5.81. The van der Waals surface area contributed by atoms with Gasteiger partial charge in [0.2, 0.25) is 0 Å². The maximum Gasteiger partial charge on any atom is 0.277 e. The molecule has 2 aromatic heterocycles. The van der Waals surface area contributed by atoms with Gasteiger partial charge >= 0.3 is 0 Å². The number of nitrogens with zero attached hydrogens (tertiary/aromatic N) is 3. The van der Waals surface area contributed by atoms with Crippen LogP contribution in [0.25, 0.3) is 5.69 Å². The Balaban J connectivity index is 1.87. The van der Waals surface area contributed by atoms with Crippen molar-refractivity contribution in [2.45, 2.75) is 0 Å². The van der Waals surface area contributed by atoms with Crippen molar-refractivity contribution >= 4 is 27.5 Å². The fourth-order valence-electron chi connectivity index (χ4n) is 1.74. The van der Waals surface area contributed by atoms with Crippen LogP contribution in [0.1, 0.15) is 10.5 Å². The van der Waals surface area contributed by atoms with E-state index in [1.54, 1.807) is 24.5 Å². The number of carbonyl (C=O) groups is 1. The number of aromatic amines is 1. The largest absolute Gasteiger partial charge is 0.318 e. The first-order valence-electron chi connectivity index (χ1n) is 5.95. The molecule has 0 spiro atoms. The zero-order valence-electron chi connectivity index (χ0n) is 10.5. The molecule has 0 unspecified atom stereocenters. The minimum Gasteiger partial charge on any atom is -0.318 e. The van der Waals surface area contributed by atoms with Gasteiger partial charge in [0, 0.05) is 12.4 Å².